The SMILES string of the molecule is C[C@H](OC(=O)c1ccccn1)C(=O)Nc1ccc(N2CCOCC2)cc1. The molecular formula is C19H21N3O4. The van der Waals surface area contributed by atoms with Gasteiger partial charge in [-0.3, -0.25) is 4.79 Å². The Labute approximate surface area is 151 Å². The van der Waals surface area contributed by atoms with E-state index in [2.05, 4.69) is 15.2 Å². The van der Waals surface area contributed by atoms with Gasteiger partial charge >= 0.3 is 5.97 Å². The highest BCUT2D eigenvalue weighted by atomic mass is 16.5. The molecule has 1 aliphatic rings. The van der Waals surface area contributed by atoms with Gasteiger partial charge in [0.05, 0.1) is 13.2 Å². The first-order chi connectivity index (χ1) is 12.6. The number of anilines is 2. The molecule has 0 bridgehead atoms. The Balaban J connectivity index is 1.54. The number of carbonyl (C=O) groups excluding carboxylic acids is 2. The molecule has 1 aromatic carbocycles. The zero-order valence-corrected chi connectivity index (χ0v) is 14.6. The lowest BCUT2D eigenvalue weighted by Gasteiger charge is -2.28. The molecule has 0 spiro atoms. The Hall–Kier alpha value is -2.93. The average Bonchev–Trinajstić information content (AvgIpc) is 2.70. The zero-order valence-electron chi connectivity index (χ0n) is 14.6. The fraction of sp³-hybridized carbons (Fsp3) is 0.316. The number of morpholine rings is 1. The Kier molecular flexibility index (Phi) is 5.80. The van der Waals surface area contributed by atoms with Gasteiger partial charge in [-0.15, -0.1) is 0 Å². The molecule has 7 heteroatoms. The molecule has 1 amide bonds. The van der Waals surface area contributed by atoms with Gasteiger partial charge in [-0.1, -0.05) is 6.07 Å². The van der Waals surface area contributed by atoms with Crippen molar-refractivity contribution in [2.75, 3.05) is 36.5 Å². The van der Waals surface area contributed by atoms with Gasteiger partial charge in [0, 0.05) is 30.7 Å². The van der Waals surface area contributed by atoms with Crippen LogP contribution in [0.1, 0.15) is 17.4 Å². The summed E-state index contributed by atoms with van der Waals surface area (Å²) in [6.45, 7) is 4.67. The highest BCUT2D eigenvalue weighted by Crippen LogP contribution is 2.19. The van der Waals surface area contributed by atoms with Crippen LogP contribution in [0.25, 0.3) is 0 Å². The van der Waals surface area contributed by atoms with Crippen molar-refractivity contribution in [2.24, 2.45) is 0 Å². The van der Waals surface area contributed by atoms with Crippen LogP contribution in [0.2, 0.25) is 0 Å². The maximum Gasteiger partial charge on any atom is 0.357 e. The van der Waals surface area contributed by atoms with Gasteiger partial charge in [0.1, 0.15) is 5.69 Å². The van der Waals surface area contributed by atoms with Crippen LogP contribution in [0.5, 0.6) is 0 Å². The fourth-order valence-electron chi connectivity index (χ4n) is 2.58. The van der Waals surface area contributed by atoms with Gasteiger partial charge in [-0.2, -0.15) is 0 Å². The van der Waals surface area contributed by atoms with Crippen LogP contribution in [0.3, 0.4) is 0 Å². The van der Waals surface area contributed by atoms with Crippen LogP contribution >= 0.6 is 0 Å². The maximum absolute atomic E-state index is 12.2. The lowest BCUT2D eigenvalue weighted by molar-refractivity contribution is -0.123. The second-order valence-electron chi connectivity index (χ2n) is 5.90. The minimum atomic E-state index is -0.927. The number of pyridine rings is 1. The van der Waals surface area contributed by atoms with Crippen molar-refractivity contribution < 1.29 is 19.1 Å². The molecule has 7 nitrogen and oxygen atoms in total. The molecule has 0 aliphatic carbocycles. The summed E-state index contributed by atoms with van der Waals surface area (Å²) in [5.74, 6) is -1.02. The first kappa shape index (κ1) is 17.9. The van der Waals surface area contributed by atoms with Crippen LogP contribution in [0.4, 0.5) is 11.4 Å². The molecule has 136 valence electrons. The molecule has 1 aliphatic heterocycles. The van der Waals surface area contributed by atoms with Gasteiger partial charge in [0.25, 0.3) is 5.91 Å². The van der Waals surface area contributed by atoms with Crippen molar-refractivity contribution in [3.05, 3.63) is 54.4 Å². The van der Waals surface area contributed by atoms with Crippen LogP contribution in [-0.2, 0) is 14.3 Å². The molecular weight excluding hydrogens is 334 g/mol. The largest absolute Gasteiger partial charge is 0.448 e. The number of hydrogen-bond acceptors (Lipinski definition) is 6. The van der Waals surface area contributed by atoms with Crippen molar-refractivity contribution in [1.82, 2.24) is 4.98 Å². The standard InChI is InChI=1S/C19H21N3O4/c1-14(26-19(24)17-4-2-3-9-20-17)18(23)21-15-5-7-16(8-6-15)22-10-12-25-13-11-22/h2-9,14H,10-13H2,1H3,(H,21,23)/t14-/m0/s1. The summed E-state index contributed by atoms with van der Waals surface area (Å²) in [7, 11) is 0. The summed E-state index contributed by atoms with van der Waals surface area (Å²) in [6, 6.07) is 12.5. The van der Waals surface area contributed by atoms with E-state index in [1.54, 1.807) is 12.1 Å². The third-order valence-electron chi connectivity index (χ3n) is 4.04. The van der Waals surface area contributed by atoms with Gasteiger partial charge in [-0.25, -0.2) is 9.78 Å². The van der Waals surface area contributed by atoms with E-state index in [0.29, 0.717) is 5.69 Å². The van der Waals surface area contributed by atoms with Crippen LogP contribution in [0.15, 0.2) is 48.7 Å². The smallest absolute Gasteiger partial charge is 0.357 e. The highest BCUT2D eigenvalue weighted by Gasteiger charge is 2.20. The Morgan fingerprint density at radius 3 is 2.54 bits per heavy atom. The lowest BCUT2D eigenvalue weighted by atomic mass is 10.2. The van der Waals surface area contributed by atoms with Crippen molar-refractivity contribution >= 4 is 23.3 Å². The van der Waals surface area contributed by atoms with Crippen LogP contribution < -0.4 is 10.2 Å². The van der Waals surface area contributed by atoms with Crippen molar-refractivity contribution in [3.8, 4) is 0 Å². The van der Waals surface area contributed by atoms with Gasteiger partial charge in [-0.05, 0) is 43.3 Å². The quantitative estimate of drug-likeness (QED) is 0.828. The summed E-state index contributed by atoms with van der Waals surface area (Å²) >= 11 is 0. The Morgan fingerprint density at radius 2 is 1.88 bits per heavy atom. The predicted octanol–water partition coefficient (Wildman–Crippen LogP) is 2.10. The normalized spacial score (nSPS) is 15.2. The van der Waals surface area contributed by atoms with Gasteiger partial charge in [0.2, 0.25) is 0 Å². The fourth-order valence-corrected chi connectivity index (χ4v) is 2.58. The van der Waals surface area contributed by atoms with Crippen molar-refractivity contribution in [2.45, 2.75) is 13.0 Å². The molecule has 1 saturated heterocycles. The number of carbonyl (C=O) groups is 2. The Bertz CT molecular complexity index is 743. The molecule has 1 atom stereocenters. The molecule has 26 heavy (non-hydrogen) atoms. The summed E-state index contributed by atoms with van der Waals surface area (Å²) in [5.41, 5.74) is 1.90. The van der Waals surface area contributed by atoms with E-state index in [1.165, 1.54) is 19.2 Å². The van der Waals surface area contributed by atoms with E-state index >= 15 is 0 Å². The summed E-state index contributed by atoms with van der Waals surface area (Å²) in [4.78, 5) is 30.3. The molecule has 3 rings (SSSR count). The van der Waals surface area contributed by atoms with E-state index in [4.69, 9.17) is 9.47 Å². The summed E-state index contributed by atoms with van der Waals surface area (Å²) in [6.07, 6.45) is 0.570. The monoisotopic (exact) mass is 355 g/mol. The predicted molar refractivity (Wildman–Crippen MR) is 97.2 cm³/mol. The first-order valence-corrected chi connectivity index (χ1v) is 8.49. The molecule has 1 N–H and O–H groups in total. The molecule has 0 unspecified atom stereocenters. The molecule has 2 aromatic rings. The van der Waals surface area contributed by atoms with Gasteiger partial charge in [0.15, 0.2) is 6.10 Å². The first-order valence-electron chi connectivity index (χ1n) is 8.49. The highest BCUT2D eigenvalue weighted by molar-refractivity contribution is 5.96. The second-order valence-corrected chi connectivity index (χ2v) is 5.90. The number of nitrogens with zero attached hydrogens (tertiary/aromatic N) is 2. The van der Waals surface area contributed by atoms with E-state index in [9.17, 15) is 9.59 Å². The number of nitrogens with one attached hydrogen (secondary N) is 1. The average molecular weight is 355 g/mol. The van der Waals surface area contributed by atoms with E-state index in [-0.39, 0.29) is 5.69 Å². The van der Waals surface area contributed by atoms with Crippen LogP contribution in [0, 0.1) is 0 Å². The number of hydrogen-bond donors (Lipinski definition) is 1. The zero-order chi connectivity index (χ0) is 18.4. The third-order valence-corrected chi connectivity index (χ3v) is 4.04. The van der Waals surface area contributed by atoms with E-state index < -0.39 is 18.0 Å². The van der Waals surface area contributed by atoms with Crippen LogP contribution in [-0.4, -0.2) is 49.3 Å². The molecule has 2 heterocycles. The summed E-state index contributed by atoms with van der Waals surface area (Å²) in [5, 5.41) is 2.75. The Morgan fingerprint density at radius 1 is 1.15 bits per heavy atom. The second kappa shape index (κ2) is 8.44. The topological polar surface area (TPSA) is 80.8 Å². The number of benzene rings is 1. The summed E-state index contributed by atoms with van der Waals surface area (Å²) < 4.78 is 10.5. The maximum atomic E-state index is 12.2. The minimum Gasteiger partial charge on any atom is -0.448 e. The minimum absolute atomic E-state index is 0.169. The molecule has 0 saturated carbocycles. The molecule has 1 aromatic heterocycles. The number of ether oxygens (including phenoxy) is 2. The van der Waals surface area contributed by atoms with Crippen molar-refractivity contribution in [3.63, 3.8) is 0 Å². The third kappa shape index (κ3) is 4.58. The number of rotatable bonds is 5. The lowest BCUT2D eigenvalue weighted by Crippen LogP contribution is -2.36. The molecule has 1 fully saturated rings. The molecule has 0 radical (unpaired) electrons. The number of esters is 1. The van der Waals surface area contributed by atoms with Gasteiger partial charge < -0.3 is 19.7 Å². The van der Waals surface area contributed by atoms with E-state index in [0.717, 1.165) is 32.0 Å². The number of aromatic nitrogens is 1. The van der Waals surface area contributed by atoms with Crippen molar-refractivity contribution in [1.29, 1.82) is 0 Å². The number of amides is 1. The van der Waals surface area contributed by atoms with E-state index in [1.807, 2.05) is 24.3 Å².